The van der Waals surface area contributed by atoms with Crippen molar-refractivity contribution in [1.29, 1.82) is 0 Å². The molecule has 3 rings (SSSR count). The molecule has 2 aliphatic rings. The Morgan fingerprint density at radius 3 is 2.84 bits per heavy atom. The molecule has 2 fully saturated rings. The first kappa shape index (κ1) is 17.4. The first-order valence-corrected chi connectivity index (χ1v) is 8.40. The minimum atomic E-state index is -0.915. The maximum Gasteiger partial charge on any atom is 0.325 e. The minimum Gasteiger partial charge on any atom is -0.496 e. The molecular weight excluding hydrogens is 327 g/mol. The zero-order valence-corrected chi connectivity index (χ0v) is 14.3. The largest absolute Gasteiger partial charge is 0.496 e. The van der Waals surface area contributed by atoms with Crippen molar-refractivity contribution in [1.82, 2.24) is 10.2 Å². The van der Waals surface area contributed by atoms with Gasteiger partial charge in [0.25, 0.3) is 5.91 Å². The average molecular weight is 348 g/mol. The fourth-order valence-electron chi connectivity index (χ4n) is 3.77. The van der Waals surface area contributed by atoms with Crippen LogP contribution in [-0.4, -0.2) is 41.8 Å². The third-order valence-electron chi connectivity index (χ3n) is 5.27. The number of hydrogen-bond acceptors (Lipinski definition) is 4. The number of urea groups is 1. The number of halogens is 1. The van der Waals surface area contributed by atoms with Crippen molar-refractivity contribution >= 4 is 17.7 Å². The van der Waals surface area contributed by atoms with Gasteiger partial charge >= 0.3 is 6.03 Å². The SMILES string of the molecule is COc1ccc(F)cc1C(=O)CN1C(=O)NC2(CCCCC2C)C1=O. The predicted molar refractivity (Wildman–Crippen MR) is 87.9 cm³/mol. The molecule has 1 spiro atoms. The lowest BCUT2D eigenvalue weighted by molar-refractivity contribution is -0.133. The summed E-state index contributed by atoms with van der Waals surface area (Å²) in [5.41, 5.74) is -0.900. The highest BCUT2D eigenvalue weighted by Crippen LogP contribution is 2.38. The van der Waals surface area contributed by atoms with Crippen molar-refractivity contribution in [2.24, 2.45) is 5.92 Å². The van der Waals surface area contributed by atoms with Crippen molar-refractivity contribution in [3.63, 3.8) is 0 Å². The molecule has 2 unspecified atom stereocenters. The van der Waals surface area contributed by atoms with Crippen molar-refractivity contribution in [3.05, 3.63) is 29.6 Å². The van der Waals surface area contributed by atoms with Gasteiger partial charge in [-0.2, -0.15) is 0 Å². The van der Waals surface area contributed by atoms with Crippen LogP contribution in [0, 0.1) is 11.7 Å². The molecule has 6 nitrogen and oxygen atoms in total. The second-order valence-electron chi connectivity index (χ2n) is 6.71. The summed E-state index contributed by atoms with van der Waals surface area (Å²) in [6.45, 7) is 1.51. The fourth-order valence-corrected chi connectivity index (χ4v) is 3.77. The van der Waals surface area contributed by atoms with E-state index in [9.17, 15) is 18.8 Å². The monoisotopic (exact) mass is 348 g/mol. The van der Waals surface area contributed by atoms with Gasteiger partial charge < -0.3 is 10.1 Å². The van der Waals surface area contributed by atoms with E-state index >= 15 is 0 Å². The molecule has 1 heterocycles. The average Bonchev–Trinajstić information content (AvgIpc) is 2.82. The van der Waals surface area contributed by atoms with Crippen LogP contribution in [0.4, 0.5) is 9.18 Å². The molecule has 0 bridgehead atoms. The quantitative estimate of drug-likeness (QED) is 0.670. The summed E-state index contributed by atoms with van der Waals surface area (Å²) in [5, 5.41) is 2.80. The topological polar surface area (TPSA) is 75.7 Å². The summed E-state index contributed by atoms with van der Waals surface area (Å²) in [6, 6.07) is 3.02. The number of rotatable bonds is 4. The van der Waals surface area contributed by atoms with Crippen LogP contribution < -0.4 is 10.1 Å². The molecule has 3 amide bonds. The molecule has 2 atom stereocenters. The molecule has 1 aliphatic carbocycles. The van der Waals surface area contributed by atoms with Crippen molar-refractivity contribution in [2.45, 2.75) is 38.1 Å². The second-order valence-corrected chi connectivity index (χ2v) is 6.71. The maximum absolute atomic E-state index is 13.5. The van der Waals surface area contributed by atoms with Gasteiger partial charge in [-0.25, -0.2) is 9.18 Å². The highest BCUT2D eigenvalue weighted by Gasteiger charge is 2.55. The van der Waals surface area contributed by atoms with Crippen LogP contribution in [0.1, 0.15) is 43.0 Å². The fraction of sp³-hybridized carbons (Fsp3) is 0.500. The smallest absolute Gasteiger partial charge is 0.325 e. The Bertz CT molecular complexity index is 736. The highest BCUT2D eigenvalue weighted by molar-refractivity contribution is 6.11. The lowest BCUT2D eigenvalue weighted by Crippen LogP contribution is -2.54. The van der Waals surface area contributed by atoms with Gasteiger partial charge in [0.05, 0.1) is 19.2 Å². The summed E-state index contributed by atoms with van der Waals surface area (Å²) in [5.74, 6) is -1.27. The molecule has 0 aromatic heterocycles. The Kier molecular flexibility index (Phi) is 4.49. The van der Waals surface area contributed by atoms with E-state index in [1.165, 1.54) is 19.2 Å². The Hall–Kier alpha value is -2.44. The maximum atomic E-state index is 13.5. The van der Waals surface area contributed by atoms with E-state index in [-0.39, 0.29) is 23.1 Å². The van der Waals surface area contributed by atoms with Gasteiger partial charge in [-0.05, 0) is 37.0 Å². The molecule has 25 heavy (non-hydrogen) atoms. The van der Waals surface area contributed by atoms with E-state index in [0.29, 0.717) is 6.42 Å². The van der Waals surface area contributed by atoms with Crippen molar-refractivity contribution in [2.75, 3.05) is 13.7 Å². The number of Topliss-reactive ketones (excluding diaryl/α,β-unsaturated/α-hetero) is 1. The van der Waals surface area contributed by atoms with Gasteiger partial charge in [-0.15, -0.1) is 0 Å². The number of ether oxygens (including phenoxy) is 1. The van der Waals surface area contributed by atoms with E-state index in [1.54, 1.807) is 0 Å². The molecule has 1 aliphatic heterocycles. The number of ketones is 1. The van der Waals surface area contributed by atoms with E-state index in [1.807, 2.05) is 6.92 Å². The molecule has 1 aromatic rings. The van der Waals surface area contributed by atoms with Crippen molar-refractivity contribution < 1.29 is 23.5 Å². The standard InChI is InChI=1S/C18H21FN2O4/c1-11-5-3-4-8-18(11)16(23)21(17(24)20-18)10-14(22)13-9-12(19)6-7-15(13)25-2/h6-7,9,11H,3-5,8,10H2,1-2H3,(H,20,24). The van der Waals surface area contributed by atoms with Crippen LogP contribution >= 0.6 is 0 Å². The van der Waals surface area contributed by atoms with Crippen LogP contribution in [0.15, 0.2) is 18.2 Å². The summed E-state index contributed by atoms with van der Waals surface area (Å²) in [6.07, 6.45) is 3.31. The first-order valence-electron chi connectivity index (χ1n) is 8.40. The van der Waals surface area contributed by atoms with Crippen molar-refractivity contribution in [3.8, 4) is 5.75 Å². The van der Waals surface area contributed by atoms with Gasteiger partial charge in [0.1, 0.15) is 17.1 Å². The lowest BCUT2D eigenvalue weighted by atomic mass is 9.73. The van der Waals surface area contributed by atoms with Crippen LogP contribution in [0.25, 0.3) is 0 Å². The van der Waals surface area contributed by atoms with E-state index < -0.39 is 29.7 Å². The Morgan fingerprint density at radius 1 is 1.40 bits per heavy atom. The third kappa shape index (κ3) is 2.88. The number of methoxy groups -OCH3 is 1. The Balaban J connectivity index is 1.83. The van der Waals surface area contributed by atoms with Crippen LogP contribution in [-0.2, 0) is 4.79 Å². The molecule has 7 heteroatoms. The summed E-state index contributed by atoms with van der Waals surface area (Å²) >= 11 is 0. The second kappa shape index (κ2) is 6.46. The van der Waals surface area contributed by atoms with Crippen LogP contribution in [0.3, 0.4) is 0 Å². The van der Waals surface area contributed by atoms with Gasteiger partial charge in [-0.1, -0.05) is 19.8 Å². The molecule has 1 N–H and O–H groups in total. The Morgan fingerprint density at radius 2 is 2.16 bits per heavy atom. The molecular formula is C18H21FN2O4. The summed E-state index contributed by atoms with van der Waals surface area (Å²) < 4.78 is 18.6. The molecule has 134 valence electrons. The number of nitrogens with zero attached hydrogens (tertiary/aromatic N) is 1. The number of amides is 3. The molecule has 1 aromatic carbocycles. The number of carbonyl (C=O) groups excluding carboxylic acids is 3. The molecule has 1 saturated carbocycles. The van der Waals surface area contributed by atoms with Gasteiger partial charge in [0.15, 0.2) is 5.78 Å². The number of imide groups is 1. The number of benzene rings is 1. The summed E-state index contributed by atoms with van der Waals surface area (Å²) in [4.78, 5) is 38.7. The summed E-state index contributed by atoms with van der Waals surface area (Å²) in [7, 11) is 1.37. The van der Waals surface area contributed by atoms with Gasteiger partial charge in [0.2, 0.25) is 0 Å². The zero-order valence-electron chi connectivity index (χ0n) is 14.3. The van der Waals surface area contributed by atoms with Gasteiger partial charge in [-0.3, -0.25) is 14.5 Å². The molecule has 0 radical (unpaired) electrons. The Labute approximate surface area is 145 Å². The van der Waals surface area contributed by atoms with E-state index in [4.69, 9.17) is 4.74 Å². The lowest BCUT2D eigenvalue weighted by Gasteiger charge is -2.36. The highest BCUT2D eigenvalue weighted by atomic mass is 19.1. The number of carbonyl (C=O) groups is 3. The minimum absolute atomic E-state index is 0.0146. The predicted octanol–water partition coefficient (Wildman–Crippen LogP) is 2.52. The number of hydrogen-bond donors (Lipinski definition) is 1. The van der Waals surface area contributed by atoms with E-state index in [2.05, 4.69) is 5.32 Å². The molecule has 1 saturated heterocycles. The van der Waals surface area contributed by atoms with E-state index in [0.717, 1.165) is 30.2 Å². The third-order valence-corrected chi connectivity index (χ3v) is 5.27. The van der Waals surface area contributed by atoms with Crippen LogP contribution in [0.2, 0.25) is 0 Å². The van der Waals surface area contributed by atoms with Crippen LogP contribution in [0.5, 0.6) is 5.75 Å². The normalized spacial score (nSPS) is 26.0. The zero-order chi connectivity index (χ0) is 18.2. The first-order chi connectivity index (χ1) is 11.9. The van der Waals surface area contributed by atoms with Gasteiger partial charge in [0, 0.05) is 0 Å². The number of nitrogens with one attached hydrogen (secondary N) is 1.